The summed E-state index contributed by atoms with van der Waals surface area (Å²) in [5.74, 6) is 19.9. The summed E-state index contributed by atoms with van der Waals surface area (Å²) in [6.07, 6.45) is -0.635. The highest BCUT2D eigenvalue weighted by Gasteiger charge is 2.22. The van der Waals surface area contributed by atoms with E-state index in [1.54, 1.807) is 0 Å². The Hall–Kier alpha value is -0.360. The summed E-state index contributed by atoms with van der Waals surface area (Å²) in [5, 5.41) is 0. The van der Waals surface area contributed by atoms with Crippen LogP contribution in [0, 0.1) is 6.92 Å². The number of aryl methyl sites for hydroxylation is 1. The van der Waals surface area contributed by atoms with E-state index < -0.39 is 23.3 Å². The first kappa shape index (κ1) is 21.7. The van der Waals surface area contributed by atoms with Gasteiger partial charge >= 0.3 is 17.2 Å². The van der Waals surface area contributed by atoms with Gasteiger partial charge in [0.2, 0.25) is 0 Å². The lowest BCUT2D eigenvalue weighted by molar-refractivity contribution is -0.000127. The minimum Gasteiger partial charge on any atom is -0.374 e. The van der Waals surface area contributed by atoms with Gasteiger partial charge in [0.25, 0.3) is 0 Å². The Morgan fingerprint density at radius 1 is 0.875 bits per heavy atom. The molecule has 0 bridgehead atoms. The van der Waals surface area contributed by atoms with E-state index in [1.165, 1.54) is 0 Å². The van der Waals surface area contributed by atoms with Gasteiger partial charge in [-0.25, -0.2) is 42.1 Å². The molecule has 0 aliphatic carbocycles. The molecule has 8 N–H and O–H groups in total. The summed E-state index contributed by atoms with van der Waals surface area (Å²) >= 11 is 0. The highest BCUT2D eigenvalue weighted by atomic mass is 31.2. The van der Waals surface area contributed by atoms with E-state index in [1.807, 2.05) is 31.2 Å². The lowest BCUT2D eigenvalue weighted by Crippen LogP contribution is -2.25. The molecule has 138 valence electrons. The number of ether oxygens (including phenoxy) is 1. The average molecular weight is 384 g/mol. The number of hydrogen-bond donors (Lipinski definition) is 4. The Labute approximate surface area is 142 Å². The van der Waals surface area contributed by atoms with Crippen molar-refractivity contribution < 1.29 is 32.3 Å². The van der Waals surface area contributed by atoms with Gasteiger partial charge in [-0.05, 0) is 12.5 Å². The van der Waals surface area contributed by atoms with Crippen LogP contribution in [0.5, 0.6) is 0 Å². The number of hydrogen-bond acceptors (Lipinski definition) is 11. The molecule has 11 nitrogen and oxygen atoms in total. The summed E-state index contributed by atoms with van der Waals surface area (Å²) in [6, 6.07) is 7.91. The van der Waals surface area contributed by atoms with Gasteiger partial charge in [-0.3, -0.25) is 0 Å². The van der Waals surface area contributed by atoms with Gasteiger partial charge in [-0.1, -0.05) is 29.8 Å². The van der Waals surface area contributed by atoms with E-state index in [2.05, 4.69) is 18.5 Å². The van der Waals surface area contributed by atoms with Crippen molar-refractivity contribution in [2.75, 3.05) is 13.2 Å². The lowest BCUT2D eigenvalue weighted by atomic mass is 10.2. The van der Waals surface area contributed by atoms with Crippen LogP contribution in [0.3, 0.4) is 0 Å². The average Bonchev–Trinajstić information content (AvgIpc) is 2.61. The molecule has 1 aromatic rings. The largest absolute Gasteiger partial charge is 0.374 e. The second-order valence-electron chi connectivity index (χ2n) is 4.39. The Balaban J connectivity index is 2.48. The van der Waals surface area contributed by atoms with Crippen LogP contribution >= 0.6 is 17.2 Å². The van der Waals surface area contributed by atoms with Crippen molar-refractivity contribution in [1.82, 2.24) is 0 Å². The third-order valence-electron chi connectivity index (χ3n) is 2.64. The standard InChI is InChI=1S/C11H22N4O7P2/c1-9-2-4-10(5-3-9)6-16-7-11(18-24(21-14)22-15)8-17-23(19-12)20-13/h2-5,11H,6-8,12-15H2,1H3. The molecule has 0 saturated heterocycles. The van der Waals surface area contributed by atoms with Crippen molar-refractivity contribution in [3.05, 3.63) is 35.4 Å². The molecule has 1 rings (SSSR count). The first-order chi connectivity index (χ1) is 11.6. The van der Waals surface area contributed by atoms with E-state index in [0.29, 0.717) is 6.61 Å². The fourth-order valence-electron chi connectivity index (χ4n) is 1.53. The van der Waals surface area contributed by atoms with Gasteiger partial charge in [0.15, 0.2) is 0 Å². The molecule has 0 aromatic heterocycles. The first-order valence-electron chi connectivity index (χ1n) is 6.63. The smallest absolute Gasteiger partial charge is 0.368 e. The second-order valence-corrected chi connectivity index (χ2v) is 6.60. The van der Waals surface area contributed by atoms with E-state index >= 15 is 0 Å². The molecule has 0 fully saturated rings. The molecule has 1 unspecified atom stereocenters. The van der Waals surface area contributed by atoms with Gasteiger partial charge in [-0.15, -0.1) is 0 Å². The highest BCUT2D eigenvalue weighted by Crippen LogP contribution is 2.39. The van der Waals surface area contributed by atoms with Crippen molar-refractivity contribution >= 4 is 17.2 Å². The zero-order chi connectivity index (χ0) is 17.8. The second kappa shape index (κ2) is 12.9. The zero-order valence-electron chi connectivity index (χ0n) is 13.1. The molecular weight excluding hydrogens is 362 g/mol. The molecular formula is C11H22N4O7P2. The summed E-state index contributed by atoms with van der Waals surface area (Å²) < 4.78 is 33.8. The number of benzene rings is 1. The number of rotatable bonds is 13. The Morgan fingerprint density at radius 3 is 2.00 bits per heavy atom. The Bertz CT molecular complexity index is 437. The molecule has 24 heavy (non-hydrogen) atoms. The number of nitrogens with two attached hydrogens (primary N) is 4. The fourth-order valence-corrected chi connectivity index (χ4v) is 2.50. The van der Waals surface area contributed by atoms with Crippen LogP contribution in [0.25, 0.3) is 0 Å². The minimum absolute atomic E-state index is 0.0282. The highest BCUT2D eigenvalue weighted by molar-refractivity contribution is 7.41. The minimum atomic E-state index is -1.95. The van der Waals surface area contributed by atoms with E-state index in [9.17, 15) is 0 Å². The van der Waals surface area contributed by atoms with Crippen molar-refractivity contribution in [3.63, 3.8) is 0 Å². The van der Waals surface area contributed by atoms with Crippen molar-refractivity contribution in [2.45, 2.75) is 19.6 Å². The predicted molar refractivity (Wildman–Crippen MR) is 86.6 cm³/mol. The maximum Gasteiger partial charge on any atom is 0.368 e. The van der Waals surface area contributed by atoms with Crippen LogP contribution in [0.15, 0.2) is 24.3 Å². The molecule has 1 atom stereocenters. The third-order valence-corrected chi connectivity index (χ3v) is 4.16. The monoisotopic (exact) mass is 384 g/mol. The molecule has 0 radical (unpaired) electrons. The molecule has 0 saturated carbocycles. The van der Waals surface area contributed by atoms with Gasteiger partial charge in [0.05, 0.1) is 19.8 Å². The molecule has 0 aliphatic rings. The molecule has 0 amide bonds. The van der Waals surface area contributed by atoms with Gasteiger partial charge in [0.1, 0.15) is 6.10 Å². The Kier molecular flexibility index (Phi) is 11.7. The van der Waals surface area contributed by atoms with Crippen LogP contribution in [0.4, 0.5) is 0 Å². The molecule has 0 aliphatic heterocycles. The molecule has 13 heteroatoms. The van der Waals surface area contributed by atoms with E-state index in [0.717, 1.165) is 11.1 Å². The van der Waals surface area contributed by atoms with Crippen LogP contribution in [0.2, 0.25) is 0 Å². The van der Waals surface area contributed by atoms with Gasteiger partial charge in [-0.2, -0.15) is 0 Å². The van der Waals surface area contributed by atoms with Crippen molar-refractivity contribution in [3.8, 4) is 0 Å². The van der Waals surface area contributed by atoms with Crippen LogP contribution in [-0.2, 0) is 38.9 Å². The fraction of sp³-hybridized carbons (Fsp3) is 0.455. The van der Waals surface area contributed by atoms with Crippen LogP contribution in [0.1, 0.15) is 11.1 Å². The molecule has 0 heterocycles. The summed E-state index contributed by atoms with van der Waals surface area (Å²) in [6.45, 7) is 2.49. The first-order valence-corrected chi connectivity index (χ1v) is 8.82. The molecule has 0 spiro atoms. The van der Waals surface area contributed by atoms with Gasteiger partial charge in [0, 0.05) is 0 Å². The lowest BCUT2D eigenvalue weighted by Gasteiger charge is -2.21. The third kappa shape index (κ3) is 8.65. The predicted octanol–water partition coefficient (Wildman–Crippen LogP) is 0.928. The Morgan fingerprint density at radius 2 is 1.46 bits per heavy atom. The normalized spacial score (nSPS) is 13.0. The SMILES string of the molecule is Cc1ccc(COCC(COP(ON)ON)OP(ON)ON)cc1. The van der Waals surface area contributed by atoms with E-state index in [-0.39, 0.29) is 13.2 Å². The van der Waals surface area contributed by atoms with E-state index in [4.69, 9.17) is 37.4 Å². The van der Waals surface area contributed by atoms with Crippen molar-refractivity contribution in [1.29, 1.82) is 0 Å². The maximum absolute atomic E-state index is 5.59. The molecule has 1 aromatic carbocycles. The van der Waals surface area contributed by atoms with Crippen LogP contribution < -0.4 is 23.6 Å². The zero-order valence-corrected chi connectivity index (χ0v) is 14.9. The van der Waals surface area contributed by atoms with Crippen LogP contribution in [-0.4, -0.2) is 19.3 Å². The topological polar surface area (TPSA) is 169 Å². The van der Waals surface area contributed by atoms with Crippen molar-refractivity contribution in [2.24, 2.45) is 23.6 Å². The summed E-state index contributed by atoms with van der Waals surface area (Å²) in [4.78, 5) is 0. The summed E-state index contributed by atoms with van der Waals surface area (Å²) in [5.41, 5.74) is 2.17. The maximum atomic E-state index is 5.59. The van der Waals surface area contributed by atoms with Gasteiger partial charge < -0.3 is 13.8 Å². The summed E-state index contributed by atoms with van der Waals surface area (Å²) in [7, 11) is -3.85. The quantitative estimate of drug-likeness (QED) is 0.282.